The number of hydrogen-bond donors (Lipinski definition) is 5. The van der Waals surface area contributed by atoms with Gasteiger partial charge in [0.25, 0.3) is 5.91 Å². The van der Waals surface area contributed by atoms with Crippen LogP contribution in [-0.4, -0.2) is 81.5 Å². The molecule has 6 N–H and O–H groups in total. The van der Waals surface area contributed by atoms with Crippen molar-refractivity contribution in [2.45, 2.75) is 89.1 Å². The molecule has 0 saturated carbocycles. The summed E-state index contributed by atoms with van der Waals surface area (Å²) in [5.74, 6) is -2.08. The van der Waals surface area contributed by atoms with E-state index in [0.29, 0.717) is 18.4 Å². The van der Waals surface area contributed by atoms with Crippen LogP contribution in [0.5, 0.6) is 0 Å². The Hall–Kier alpha value is -4.35. The van der Waals surface area contributed by atoms with Gasteiger partial charge in [0.1, 0.15) is 11.7 Å². The standard InChI is InChI=1S/C35H46N6O5/c1-35(2,3)40-32(44)20-25-14-9-10-18-41(25)22-30(42)28(19-23-11-5-4-6-12-23)38-34(46)29(21-31(36)43)39-33(45)27-17-16-24-13-7-8-15-26(24)37-27/h4-8,11-13,15-17,25,28-30,42H,9-10,14,18-22H2,1-3H3,(H2,36,43)(H,38,46)(H,39,45)(H,40,44)/t25-,28-,29-,30+/m0/s1. The number of hydrogen-bond acceptors (Lipinski definition) is 7. The van der Waals surface area contributed by atoms with Crippen molar-refractivity contribution in [1.82, 2.24) is 25.8 Å². The van der Waals surface area contributed by atoms with E-state index in [2.05, 4.69) is 25.8 Å². The molecule has 4 amide bonds. The molecular formula is C35H46N6O5. The van der Waals surface area contributed by atoms with Crippen LogP contribution < -0.4 is 21.7 Å². The first-order valence-corrected chi connectivity index (χ1v) is 15.9. The fraction of sp³-hybridized carbons (Fsp3) is 0.457. The van der Waals surface area contributed by atoms with Gasteiger partial charge in [0.2, 0.25) is 17.7 Å². The summed E-state index contributed by atoms with van der Waals surface area (Å²) in [6.45, 7) is 6.78. The Morgan fingerprint density at radius 3 is 2.41 bits per heavy atom. The molecule has 11 nitrogen and oxygen atoms in total. The Balaban J connectivity index is 1.50. The van der Waals surface area contributed by atoms with Crippen LogP contribution in [0.25, 0.3) is 10.9 Å². The van der Waals surface area contributed by atoms with Gasteiger partial charge in [-0.1, -0.05) is 61.0 Å². The van der Waals surface area contributed by atoms with Gasteiger partial charge >= 0.3 is 0 Å². The van der Waals surface area contributed by atoms with E-state index in [1.165, 1.54) is 0 Å². The van der Waals surface area contributed by atoms with Crippen molar-refractivity contribution in [3.8, 4) is 0 Å². The third-order valence-electron chi connectivity index (χ3n) is 8.05. The SMILES string of the molecule is CC(C)(C)NC(=O)C[C@@H]1CCCCN1C[C@@H](O)[C@H](Cc1ccccc1)NC(=O)[C@H](CC(N)=O)NC(=O)c1ccc2ccccc2n1. The van der Waals surface area contributed by atoms with Crippen molar-refractivity contribution < 1.29 is 24.3 Å². The third kappa shape index (κ3) is 10.3. The molecule has 1 aliphatic heterocycles. The second-order valence-corrected chi connectivity index (χ2v) is 13.1. The van der Waals surface area contributed by atoms with Gasteiger partial charge in [0.05, 0.1) is 24.1 Å². The number of primary amides is 1. The third-order valence-corrected chi connectivity index (χ3v) is 8.05. The largest absolute Gasteiger partial charge is 0.390 e. The highest BCUT2D eigenvalue weighted by molar-refractivity contribution is 5.99. The fourth-order valence-corrected chi connectivity index (χ4v) is 5.85. The van der Waals surface area contributed by atoms with Gasteiger partial charge < -0.3 is 26.8 Å². The van der Waals surface area contributed by atoms with Crippen LogP contribution in [-0.2, 0) is 20.8 Å². The second-order valence-electron chi connectivity index (χ2n) is 13.1. The van der Waals surface area contributed by atoms with Gasteiger partial charge in [-0.15, -0.1) is 0 Å². The summed E-state index contributed by atoms with van der Waals surface area (Å²) in [5.41, 5.74) is 6.73. The van der Waals surface area contributed by atoms with Crippen LogP contribution in [0.2, 0.25) is 0 Å². The van der Waals surface area contributed by atoms with Crippen molar-refractivity contribution in [3.63, 3.8) is 0 Å². The first kappa shape index (κ1) is 34.5. The molecule has 2 heterocycles. The Morgan fingerprint density at radius 1 is 0.978 bits per heavy atom. The number of amides is 4. The molecule has 1 fully saturated rings. The molecule has 46 heavy (non-hydrogen) atoms. The number of nitrogens with one attached hydrogen (secondary N) is 3. The molecule has 4 atom stereocenters. The van der Waals surface area contributed by atoms with E-state index in [-0.39, 0.29) is 29.7 Å². The number of rotatable bonds is 13. The summed E-state index contributed by atoms with van der Waals surface area (Å²) in [4.78, 5) is 58.1. The molecule has 1 saturated heterocycles. The predicted molar refractivity (Wildman–Crippen MR) is 177 cm³/mol. The summed E-state index contributed by atoms with van der Waals surface area (Å²) < 4.78 is 0. The van der Waals surface area contributed by atoms with Crippen LogP contribution in [0.15, 0.2) is 66.7 Å². The number of aliphatic hydroxyl groups is 1. The number of aliphatic hydroxyl groups excluding tert-OH is 1. The van der Waals surface area contributed by atoms with Crippen molar-refractivity contribution in [1.29, 1.82) is 0 Å². The Bertz CT molecular complexity index is 1510. The van der Waals surface area contributed by atoms with Gasteiger partial charge in [0.15, 0.2) is 0 Å². The number of nitrogens with two attached hydrogens (primary N) is 1. The number of carbonyl (C=O) groups excluding carboxylic acids is 4. The average Bonchev–Trinajstić information content (AvgIpc) is 3.00. The van der Waals surface area contributed by atoms with Gasteiger partial charge in [-0.2, -0.15) is 0 Å². The quantitative estimate of drug-likeness (QED) is 0.193. The highest BCUT2D eigenvalue weighted by atomic mass is 16.3. The van der Waals surface area contributed by atoms with E-state index < -0.39 is 42.3 Å². The number of fused-ring (bicyclic) bond motifs is 1. The molecule has 4 rings (SSSR count). The number of aromatic nitrogens is 1. The zero-order chi connectivity index (χ0) is 33.3. The van der Waals surface area contributed by atoms with Crippen LogP contribution in [0.4, 0.5) is 0 Å². The molecule has 11 heteroatoms. The number of β-amino-alcohol motifs (C(OH)–C–C–N with tert-alkyl or cyclic N) is 1. The highest BCUT2D eigenvalue weighted by Crippen LogP contribution is 2.22. The fourth-order valence-electron chi connectivity index (χ4n) is 5.85. The number of piperidine rings is 1. The predicted octanol–water partition coefficient (Wildman–Crippen LogP) is 2.46. The molecule has 0 bridgehead atoms. The number of nitrogens with zero attached hydrogens (tertiary/aromatic N) is 2. The minimum Gasteiger partial charge on any atom is -0.390 e. The molecule has 246 valence electrons. The summed E-state index contributed by atoms with van der Waals surface area (Å²) >= 11 is 0. The van der Waals surface area contributed by atoms with Crippen LogP contribution in [0.1, 0.15) is 68.9 Å². The first-order chi connectivity index (χ1) is 21.9. The number of para-hydroxylation sites is 1. The lowest BCUT2D eigenvalue weighted by atomic mass is 9.95. The number of carbonyl (C=O) groups is 4. The lowest BCUT2D eigenvalue weighted by Gasteiger charge is -2.38. The minimum atomic E-state index is -1.28. The maximum Gasteiger partial charge on any atom is 0.270 e. The van der Waals surface area contributed by atoms with Crippen LogP contribution in [0.3, 0.4) is 0 Å². The molecule has 0 radical (unpaired) electrons. The average molecular weight is 631 g/mol. The molecule has 1 aliphatic rings. The second kappa shape index (κ2) is 15.8. The van der Waals surface area contributed by atoms with Crippen molar-refractivity contribution in [3.05, 3.63) is 78.0 Å². The van der Waals surface area contributed by atoms with Gasteiger partial charge in [-0.3, -0.25) is 24.1 Å². The van der Waals surface area contributed by atoms with Crippen LogP contribution in [0, 0.1) is 0 Å². The van der Waals surface area contributed by atoms with Crippen LogP contribution >= 0.6 is 0 Å². The van der Waals surface area contributed by atoms with E-state index in [1.807, 2.05) is 69.3 Å². The van der Waals surface area contributed by atoms with Crippen molar-refractivity contribution >= 4 is 34.5 Å². The topological polar surface area (TPSA) is 167 Å². The lowest BCUT2D eigenvalue weighted by Crippen LogP contribution is -2.57. The monoisotopic (exact) mass is 630 g/mol. The smallest absolute Gasteiger partial charge is 0.270 e. The molecule has 2 aromatic carbocycles. The van der Waals surface area contributed by atoms with Gasteiger partial charge in [-0.05, 0) is 64.3 Å². The van der Waals surface area contributed by atoms with E-state index in [9.17, 15) is 24.3 Å². The Morgan fingerprint density at radius 2 is 1.70 bits per heavy atom. The minimum absolute atomic E-state index is 0.0426. The summed E-state index contributed by atoms with van der Waals surface area (Å²) in [6, 6.07) is 18.0. The van der Waals surface area contributed by atoms with Gasteiger partial charge in [0, 0.05) is 29.9 Å². The van der Waals surface area contributed by atoms with E-state index in [4.69, 9.17) is 5.73 Å². The number of benzene rings is 2. The highest BCUT2D eigenvalue weighted by Gasteiger charge is 2.33. The zero-order valence-electron chi connectivity index (χ0n) is 26.9. The number of pyridine rings is 1. The Kier molecular flexibility index (Phi) is 11.8. The molecule has 3 aromatic rings. The van der Waals surface area contributed by atoms with E-state index in [0.717, 1.165) is 36.8 Å². The molecule has 1 aromatic heterocycles. The van der Waals surface area contributed by atoms with E-state index >= 15 is 0 Å². The molecule has 0 unspecified atom stereocenters. The lowest BCUT2D eigenvalue weighted by molar-refractivity contribution is -0.128. The van der Waals surface area contributed by atoms with E-state index in [1.54, 1.807) is 18.2 Å². The summed E-state index contributed by atoms with van der Waals surface area (Å²) in [5, 5.41) is 21.0. The molecular weight excluding hydrogens is 584 g/mol. The number of likely N-dealkylation sites (tertiary alicyclic amines) is 1. The first-order valence-electron chi connectivity index (χ1n) is 15.9. The maximum atomic E-state index is 13.7. The van der Waals surface area contributed by atoms with Gasteiger partial charge in [-0.25, -0.2) is 4.98 Å². The zero-order valence-corrected chi connectivity index (χ0v) is 26.9. The van der Waals surface area contributed by atoms with Crippen molar-refractivity contribution in [2.75, 3.05) is 13.1 Å². The normalized spacial score (nSPS) is 17.4. The summed E-state index contributed by atoms with van der Waals surface area (Å²) in [7, 11) is 0. The van der Waals surface area contributed by atoms with Crippen molar-refractivity contribution in [2.24, 2.45) is 5.73 Å². The maximum absolute atomic E-state index is 13.7. The molecule has 0 aliphatic carbocycles. The molecule has 0 spiro atoms. The summed E-state index contributed by atoms with van der Waals surface area (Å²) in [6.07, 6.45) is 1.93. The Labute approximate surface area is 270 Å².